The van der Waals surface area contributed by atoms with E-state index in [4.69, 9.17) is 28.4 Å². The first-order valence-electron chi connectivity index (χ1n) is 16.9. The highest BCUT2D eigenvalue weighted by atomic mass is 16.6. The molecule has 3 atom stereocenters. The van der Waals surface area contributed by atoms with E-state index in [1.165, 1.54) is 24.3 Å². The van der Waals surface area contributed by atoms with Gasteiger partial charge in [-0.05, 0) is 110 Å². The molecule has 0 N–H and O–H groups in total. The Morgan fingerprint density at radius 2 is 1.27 bits per heavy atom. The van der Waals surface area contributed by atoms with Crippen LogP contribution in [0.15, 0.2) is 72.8 Å². The fourth-order valence-electron chi connectivity index (χ4n) is 6.08. The molecular weight excluding hydrogens is 612 g/mol. The van der Waals surface area contributed by atoms with Gasteiger partial charge in [-0.3, -0.25) is 0 Å². The van der Waals surface area contributed by atoms with E-state index in [9.17, 15) is 14.4 Å². The zero-order chi connectivity index (χ0) is 34.1. The van der Waals surface area contributed by atoms with Gasteiger partial charge in [0, 0.05) is 5.41 Å². The maximum atomic E-state index is 12.9. The summed E-state index contributed by atoms with van der Waals surface area (Å²) in [4.78, 5) is 38.3. The van der Waals surface area contributed by atoms with E-state index in [1.54, 1.807) is 48.5 Å². The molecule has 5 rings (SSSR count). The Hall–Kier alpha value is -4.21. The van der Waals surface area contributed by atoms with Crippen molar-refractivity contribution in [2.75, 3.05) is 33.0 Å². The van der Waals surface area contributed by atoms with E-state index < -0.39 is 11.9 Å². The molecule has 1 aliphatic heterocycles. The molecule has 1 heterocycles. The average Bonchev–Trinajstić information content (AvgIpc) is 3.06. The largest absolute Gasteiger partial charge is 0.491 e. The van der Waals surface area contributed by atoms with Crippen molar-refractivity contribution in [1.29, 1.82) is 0 Å². The lowest BCUT2D eigenvalue weighted by atomic mass is 9.75. The third-order valence-electron chi connectivity index (χ3n) is 9.38. The van der Waals surface area contributed by atoms with Gasteiger partial charge in [-0.1, -0.05) is 34.1 Å². The molecular formula is C39H46O9. The molecule has 2 fully saturated rings. The molecule has 3 aromatic rings. The molecule has 9 heteroatoms. The van der Waals surface area contributed by atoms with Gasteiger partial charge in [0.1, 0.15) is 30.0 Å². The molecule has 9 nitrogen and oxygen atoms in total. The molecule has 1 saturated carbocycles. The fraction of sp³-hybridized carbons (Fsp3) is 0.462. The third-order valence-corrected chi connectivity index (χ3v) is 9.38. The summed E-state index contributed by atoms with van der Waals surface area (Å²) in [6.45, 7) is 11.7. The number of hydrogen-bond donors (Lipinski definition) is 0. The van der Waals surface area contributed by atoms with Gasteiger partial charge in [-0.2, -0.15) is 0 Å². The van der Waals surface area contributed by atoms with Crippen LogP contribution in [0, 0.1) is 23.2 Å². The van der Waals surface area contributed by atoms with Crippen LogP contribution in [0.1, 0.15) is 84.5 Å². The van der Waals surface area contributed by atoms with Crippen LogP contribution in [0.3, 0.4) is 0 Å². The fourth-order valence-corrected chi connectivity index (χ4v) is 6.08. The maximum Gasteiger partial charge on any atom is 0.343 e. The highest BCUT2D eigenvalue weighted by Gasteiger charge is 2.37. The Labute approximate surface area is 282 Å². The number of rotatable bonds is 14. The van der Waals surface area contributed by atoms with Crippen molar-refractivity contribution in [3.05, 3.63) is 89.5 Å². The lowest BCUT2D eigenvalue weighted by Gasteiger charge is -2.40. The van der Waals surface area contributed by atoms with Crippen molar-refractivity contribution in [2.45, 2.75) is 59.5 Å². The predicted octanol–water partition coefficient (Wildman–Crippen LogP) is 7.56. The van der Waals surface area contributed by atoms with Crippen LogP contribution in [0.25, 0.3) is 0 Å². The predicted molar refractivity (Wildman–Crippen MR) is 180 cm³/mol. The number of ether oxygens (including phenoxy) is 6. The van der Waals surface area contributed by atoms with E-state index in [2.05, 4.69) is 27.7 Å². The number of carbonyl (C=O) groups excluding carboxylic acids is 3. The number of benzene rings is 3. The maximum absolute atomic E-state index is 12.9. The second-order valence-corrected chi connectivity index (χ2v) is 13.4. The van der Waals surface area contributed by atoms with E-state index >= 15 is 0 Å². The van der Waals surface area contributed by atoms with Crippen LogP contribution < -0.4 is 14.2 Å². The van der Waals surface area contributed by atoms with Crippen LogP contribution >= 0.6 is 0 Å². The quantitative estimate of drug-likeness (QED) is 0.0985. The molecule has 0 bridgehead atoms. The van der Waals surface area contributed by atoms with Gasteiger partial charge >= 0.3 is 17.9 Å². The van der Waals surface area contributed by atoms with Gasteiger partial charge in [0.05, 0.1) is 43.1 Å². The molecule has 256 valence electrons. The topological polar surface area (TPSA) is 107 Å². The summed E-state index contributed by atoms with van der Waals surface area (Å²) in [5, 5.41) is 0. The minimum atomic E-state index is -0.581. The molecule has 3 aromatic carbocycles. The van der Waals surface area contributed by atoms with E-state index in [1.807, 2.05) is 0 Å². The van der Waals surface area contributed by atoms with Gasteiger partial charge < -0.3 is 28.4 Å². The molecule has 1 aliphatic carbocycles. The zero-order valence-corrected chi connectivity index (χ0v) is 28.3. The minimum absolute atomic E-state index is 0.0940. The first kappa shape index (κ1) is 35.1. The molecule has 0 amide bonds. The molecule has 0 radical (unpaired) electrons. The molecule has 3 unspecified atom stereocenters. The molecule has 2 aliphatic rings. The Morgan fingerprint density at radius 3 is 1.75 bits per heavy atom. The highest BCUT2D eigenvalue weighted by Crippen LogP contribution is 2.36. The number of carbonyl (C=O) groups is 3. The van der Waals surface area contributed by atoms with Gasteiger partial charge in [-0.15, -0.1) is 0 Å². The van der Waals surface area contributed by atoms with Crippen LogP contribution in [-0.2, 0) is 14.2 Å². The van der Waals surface area contributed by atoms with Crippen LogP contribution in [0.2, 0.25) is 0 Å². The van der Waals surface area contributed by atoms with Crippen molar-refractivity contribution in [1.82, 2.24) is 0 Å². The van der Waals surface area contributed by atoms with Crippen molar-refractivity contribution in [2.24, 2.45) is 23.2 Å². The average molecular weight is 659 g/mol. The second kappa shape index (κ2) is 16.3. The normalized spacial score (nSPS) is 20.0. The molecule has 0 spiro atoms. The molecule has 48 heavy (non-hydrogen) atoms. The third kappa shape index (κ3) is 9.23. The van der Waals surface area contributed by atoms with Gasteiger partial charge in [0.15, 0.2) is 0 Å². The monoisotopic (exact) mass is 658 g/mol. The minimum Gasteiger partial charge on any atom is -0.491 e. The second-order valence-electron chi connectivity index (χ2n) is 13.4. The summed E-state index contributed by atoms with van der Waals surface area (Å²) in [5.41, 5.74) is 1.19. The van der Waals surface area contributed by atoms with Crippen LogP contribution in [0.5, 0.6) is 17.2 Å². The molecule has 1 saturated heterocycles. The van der Waals surface area contributed by atoms with Gasteiger partial charge in [-0.25, -0.2) is 14.4 Å². The van der Waals surface area contributed by atoms with E-state index in [0.29, 0.717) is 60.2 Å². The lowest BCUT2D eigenvalue weighted by molar-refractivity contribution is -0.151. The summed E-state index contributed by atoms with van der Waals surface area (Å²) < 4.78 is 33.7. The Bertz CT molecular complexity index is 1500. The molecule has 0 aromatic heterocycles. The smallest absolute Gasteiger partial charge is 0.343 e. The summed E-state index contributed by atoms with van der Waals surface area (Å²) in [6, 6.07) is 19.1. The Morgan fingerprint density at radius 1 is 0.750 bits per heavy atom. The first-order chi connectivity index (χ1) is 23.1. The summed E-state index contributed by atoms with van der Waals surface area (Å²) in [5.74, 6) is 1.05. The Kier molecular flexibility index (Phi) is 11.9. The number of esters is 3. The highest BCUT2D eigenvalue weighted by molar-refractivity contribution is 5.93. The zero-order valence-electron chi connectivity index (χ0n) is 28.3. The van der Waals surface area contributed by atoms with Crippen molar-refractivity contribution < 1.29 is 42.8 Å². The summed E-state index contributed by atoms with van der Waals surface area (Å²) >= 11 is 0. The van der Waals surface area contributed by atoms with Crippen molar-refractivity contribution in [3.63, 3.8) is 0 Å². The summed E-state index contributed by atoms with van der Waals surface area (Å²) in [7, 11) is 0. The van der Waals surface area contributed by atoms with E-state index in [0.717, 1.165) is 38.9 Å². The van der Waals surface area contributed by atoms with Crippen molar-refractivity contribution >= 4 is 17.9 Å². The first-order valence-corrected chi connectivity index (χ1v) is 16.9. The van der Waals surface area contributed by atoms with Gasteiger partial charge in [0.2, 0.25) is 0 Å². The van der Waals surface area contributed by atoms with Crippen LogP contribution in [-0.4, -0.2) is 57.0 Å². The van der Waals surface area contributed by atoms with Crippen molar-refractivity contribution in [3.8, 4) is 17.2 Å². The Balaban J connectivity index is 1.05. The SMILES string of the molecule is CCC1(COCCOc2ccc(C(=O)Oc3ccc(C(=O)Oc4ccc(C(=O)OC5CC(C)CCC5C(C)C)cc4)cc3)cc2)COC1. The van der Waals surface area contributed by atoms with Crippen LogP contribution in [0.4, 0.5) is 0 Å². The number of hydrogen-bond acceptors (Lipinski definition) is 9. The lowest BCUT2D eigenvalue weighted by Crippen LogP contribution is -2.45. The standard InChI is InChI=1S/C39H46O9/c1-5-39(24-44-25-39)23-43-20-21-45-31-13-7-28(8-14-31)36(40)46-32-15-9-29(10-16-32)37(41)47-33-17-11-30(12-18-33)38(42)48-35-22-27(4)6-19-34(35)26(2)3/h7-18,26-27,34-35H,5-6,19-25H2,1-4H3. The summed E-state index contributed by atoms with van der Waals surface area (Å²) in [6.07, 6.45) is 4.02. The van der Waals surface area contributed by atoms with E-state index in [-0.39, 0.29) is 28.8 Å². The van der Waals surface area contributed by atoms with Gasteiger partial charge in [0.25, 0.3) is 0 Å².